The zero-order valence-electron chi connectivity index (χ0n) is 9.54. The Balaban J connectivity index is 2.06. The van der Waals surface area contributed by atoms with Gasteiger partial charge in [-0.3, -0.25) is 4.57 Å². The highest BCUT2D eigenvalue weighted by atomic mass is 32.2. The molecule has 2 aromatic heterocycles. The summed E-state index contributed by atoms with van der Waals surface area (Å²) >= 11 is 1.30. The number of thioether (sulfide) groups is 1. The van der Waals surface area contributed by atoms with Crippen molar-refractivity contribution in [2.45, 2.75) is 24.4 Å². The molecular formula is C10H11N3O4S. The number of aromatic nitrogens is 3. The molecule has 0 saturated heterocycles. The zero-order valence-corrected chi connectivity index (χ0v) is 10.4. The van der Waals surface area contributed by atoms with Crippen LogP contribution >= 0.6 is 11.8 Å². The van der Waals surface area contributed by atoms with E-state index < -0.39 is 5.97 Å². The Hall–Kier alpha value is -1.96. The van der Waals surface area contributed by atoms with Gasteiger partial charge in [0.25, 0.3) is 0 Å². The third-order valence-electron chi connectivity index (χ3n) is 2.28. The van der Waals surface area contributed by atoms with Gasteiger partial charge in [0.2, 0.25) is 0 Å². The average molecular weight is 269 g/mol. The van der Waals surface area contributed by atoms with Crippen molar-refractivity contribution in [3.8, 4) is 0 Å². The standard InChI is InChI=1S/C10H11N3O4S/c1-2-13-9(16)11-12-10(13)18-5-7-3-6(4-17-7)8(14)15/h3-4H,2,5H2,1H3,(H,11,16)(H,14,15). The summed E-state index contributed by atoms with van der Waals surface area (Å²) in [5.74, 6) is -0.0897. The number of carboxylic acids is 1. The van der Waals surface area contributed by atoms with Crippen molar-refractivity contribution in [3.05, 3.63) is 34.1 Å². The predicted octanol–water partition coefficient (Wildman–Crippen LogP) is 1.17. The van der Waals surface area contributed by atoms with Gasteiger partial charge in [-0.2, -0.15) is 0 Å². The van der Waals surface area contributed by atoms with E-state index in [1.165, 1.54) is 28.7 Å². The van der Waals surface area contributed by atoms with Crippen molar-refractivity contribution in [2.24, 2.45) is 0 Å². The van der Waals surface area contributed by atoms with Crippen LogP contribution in [0.1, 0.15) is 23.0 Å². The molecule has 0 aliphatic heterocycles. The Kier molecular flexibility index (Phi) is 3.56. The summed E-state index contributed by atoms with van der Waals surface area (Å²) in [6.45, 7) is 2.37. The quantitative estimate of drug-likeness (QED) is 0.790. The van der Waals surface area contributed by atoms with Gasteiger partial charge in [0.15, 0.2) is 5.16 Å². The molecule has 0 aliphatic rings. The fourth-order valence-corrected chi connectivity index (χ4v) is 2.30. The molecule has 2 heterocycles. The summed E-state index contributed by atoms with van der Waals surface area (Å²) in [4.78, 5) is 22.0. The second kappa shape index (κ2) is 5.13. The normalized spacial score (nSPS) is 10.7. The van der Waals surface area contributed by atoms with E-state index >= 15 is 0 Å². The molecule has 2 aromatic rings. The SMILES string of the molecule is CCn1c(SCc2cc(C(=O)O)co2)n[nH]c1=O. The monoisotopic (exact) mass is 269 g/mol. The minimum atomic E-state index is -1.03. The van der Waals surface area contributed by atoms with Gasteiger partial charge in [-0.05, 0) is 13.0 Å². The number of rotatable bonds is 5. The Labute approximate surface area is 106 Å². The van der Waals surface area contributed by atoms with Crippen LogP contribution in [0.5, 0.6) is 0 Å². The van der Waals surface area contributed by atoms with E-state index in [4.69, 9.17) is 9.52 Å². The maximum atomic E-state index is 11.3. The van der Waals surface area contributed by atoms with Crippen LogP contribution in [0, 0.1) is 0 Å². The molecule has 0 amide bonds. The van der Waals surface area contributed by atoms with Crippen molar-refractivity contribution in [1.29, 1.82) is 0 Å². The summed E-state index contributed by atoms with van der Waals surface area (Å²) in [6.07, 6.45) is 1.19. The van der Waals surface area contributed by atoms with Gasteiger partial charge in [0, 0.05) is 6.54 Å². The first-order valence-corrected chi connectivity index (χ1v) is 6.19. The molecule has 7 nitrogen and oxygen atoms in total. The first-order chi connectivity index (χ1) is 8.61. The number of hydrogen-bond acceptors (Lipinski definition) is 5. The largest absolute Gasteiger partial charge is 0.478 e. The van der Waals surface area contributed by atoms with E-state index in [9.17, 15) is 9.59 Å². The second-order valence-corrected chi connectivity index (χ2v) is 4.39. The van der Waals surface area contributed by atoms with E-state index in [0.717, 1.165) is 0 Å². The average Bonchev–Trinajstić information content (AvgIpc) is 2.93. The lowest BCUT2D eigenvalue weighted by atomic mass is 10.3. The lowest BCUT2D eigenvalue weighted by molar-refractivity contribution is 0.0696. The number of H-pyrrole nitrogens is 1. The molecule has 8 heteroatoms. The molecule has 0 radical (unpaired) electrons. The maximum Gasteiger partial charge on any atom is 0.343 e. The summed E-state index contributed by atoms with van der Waals surface area (Å²) in [5, 5.41) is 15.5. The van der Waals surface area contributed by atoms with Gasteiger partial charge in [0.1, 0.15) is 12.0 Å². The summed E-state index contributed by atoms with van der Waals surface area (Å²) in [5.41, 5.74) is -0.147. The van der Waals surface area contributed by atoms with E-state index in [-0.39, 0.29) is 11.3 Å². The van der Waals surface area contributed by atoms with Crippen LogP contribution < -0.4 is 5.69 Å². The molecule has 0 fully saturated rings. The number of carboxylic acid groups (broad SMARTS) is 1. The second-order valence-electron chi connectivity index (χ2n) is 3.45. The molecule has 18 heavy (non-hydrogen) atoms. The molecule has 0 atom stereocenters. The molecule has 0 bridgehead atoms. The molecule has 0 saturated carbocycles. The van der Waals surface area contributed by atoms with Crippen LogP contribution in [0.3, 0.4) is 0 Å². The Morgan fingerprint density at radius 3 is 3.06 bits per heavy atom. The van der Waals surface area contributed by atoms with Gasteiger partial charge in [-0.15, -0.1) is 5.10 Å². The zero-order chi connectivity index (χ0) is 13.1. The fraction of sp³-hybridized carbons (Fsp3) is 0.300. The first kappa shape index (κ1) is 12.5. The van der Waals surface area contributed by atoms with Crippen molar-refractivity contribution in [2.75, 3.05) is 0 Å². The molecule has 96 valence electrons. The molecule has 2 rings (SSSR count). The van der Waals surface area contributed by atoms with Crippen LogP contribution in [0.25, 0.3) is 0 Å². The Bertz CT molecular complexity index is 613. The minimum absolute atomic E-state index is 0.112. The first-order valence-electron chi connectivity index (χ1n) is 5.20. The van der Waals surface area contributed by atoms with Crippen LogP contribution in [0.15, 0.2) is 26.7 Å². The fourth-order valence-electron chi connectivity index (χ4n) is 1.40. The van der Waals surface area contributed by atoms with Crippen molar-refractivity contribution in [3.63, 3.8) is 0 Å². The number of nitrogens with one attached hydrogen (secondary N) is 1. The van der Waals surface area contributed by atoms with E-state index in [1.807, 2.05) is 6.92 Å². The highest BCUT2D eigenvalue weighted by molar-refractivity contribution is 7.98. The molecular weight excluding hydrogens is 258 g/mol. The Morgan fingerprint density at radius 1 is 1.67 bits per heavy atom. The van der Waals surface area contributed by atoms with Gasteiger partial charge >= 0.3 is 11.7 Å². The van der Waals surface area contributed by atoms with Crippen LogP contribution in [0.4, 0.5) is 0 Å². The van der Waals surface area contributed by atoms with Crippen LogP contribution in [0.2, 0.25) is 0 Å². The number of aromatic amines is 1. The van der Waals surface area contributed by atoms with E-state index in [0.29, 0.717) is 23.2 Å². The lowest BCUT2D eigenvalue weighted by Crippen LogP contribution is -2.16. The van der Waals surface area contributed by atoms with E-state index in [2.05, 4.69) is 10.2 Å². The highest BCUT2D eigenvalue weighted by Crippen LogP contribution is 2.21. The van der Waals surface area contributed by atoms with Gasteiger partial charge in [0.05, 0.1) is 11.3 Å². The summed E-state index contributed by atoms with van der Waals surface area (Å²) in [7, 11) is 0. The van der Waals surface area contributed by atoms with Crippen LogP contribution in [-0.2, 0) is 12.3 Å². The minimum Gasteiger partial charge on any atom is -0.478 e. The number of nitrogens with zero attached hydrogens (tertiary/aromatic N) is 2. The van der Waals surface area contributed by atoms with E-state index in [1.54, 1.807) is 0 Å². The molecule has 2 N–H and O–H groups in total. The smallest absolute Gasteiger partial charge is 0.343 e. The summed E-state index contributed by atoms with van der Waals surface area (Å²) < 4.78 is 6.59. The van der Waals surface area contributed by atoms with Crippen molar-refractivity contribution in [1.82, 2.24) is 14.8 Å². The van der Waals surface area contributed by atoms with Gasteiger partial charge in [-0.1, -0.05) is 11.8 Å². The van der Waals surface area contributed by atoms with Crippen molar-refractivity contribution >= 4 is 17.7 Å². The maximum absolute atomic E-state index is 11.3. The van der Waals surface area contributed by atoms with Crippen molar-refractivity contribution < 1.29 is 14.3 Å². The van der Waals surface area contributed by atoms with Crippen LogP contribution in [-0.4, -0.2) is 25.8 Å². The summed E-state index contributed by atoms with van der Waals surface area (Å²) in [6, 6.07) is 1.45. The number of hydrogen-bond donors (Lipinski definition) is 2. The lowest BCUT2D eigenvalue weighted by Gasteiger charge is -1.99. The molecule has 0 unspecified atom stereocenters. The third kappa shape index (κ3) is 2.48. The number of aromatic carboxylic acids is 1. The Morgan fingerprint density at radius 2 is 2.44 bits per heavy atom. The van der Waals surface area contributed by atoms with Gasteiger partial charge < -0.3 is 9.52 Å². The highest BCUT2D eigenvalue weighted by Gasteiger charge is 2.11. The third-order valence-corrected chi connectivity index (χ3v) is 3.28. The van der Waals surface area contributed by atoms with Gasteiger partial charge in [-0.25, -0.2) is 14.7 Å². The topological polar surface area (TPSA) is 101 Å². The number of carbonyl (C=O) groups is 1. The predicted molar refractivity (Wildman–Crippen MR) is 63.8 cm³/mol. The molecule has 0 spiro atoms. The molecule has 0 aliphatic carbocycles. The number of furan rings is 1. The molecule has 0 aromatic carbocycles.